The first-order valence-electron chi connectivity index (χ1n) is 14.3. The molecular weight excluding hydrogens is 598 g/mol. The third-order valence-electron chi connectivity index (χ3n) is 7.30. The van der Waals surface area contributed by atoms with E-state index in [4.69, 9.17) is 5.73 Å². The first-order valence-corrected chi connectivity index (χ1v) is 15.7. The van der Waals surface area contributed by atoms with Crippen molar-refractivity contribution in [2.24, 2.45) is 5.73 Å². The smallest absolute Gasteiger partial charge is 0.326 e. The van der Waals surface area contributed by atoms with Crippen LogP contribution in [-0.4, -0.2) is 85.0 Å². The highest BCUT2D eigenvalue weighted by atomic mass is 32.2. The van der Waals surface area contributed by atoms with Gasteiger partial charge in [-0.15, -0.1) is 0 Å². The summed E-state index contributed by atoms with van der Waals surface area (Å²) >= 11 is 1.54. The first-order chi connectivity index (χ1) is 21.6. The predicted molar refractivity (Wildman–Crippen MR) is 171 cm³/mol. The van der Waals surface area contributed by atoms with Gasteiger partial charge in [0.1, 0.15) is 23.9 Å². The van der Waals surface area contributed by atoms with Gasteiger partial charge >= 0.3 is 5.97 Å². The summed E-state index contributed by atoms with van der Waals surface area (Å²) < 4.78 is 0. The Hall–Kier alpha value is -4.82. The molecule has 0 saturated heterocycles. The average Bonchev–Trinajstić information content (AvgIpc) is 3.69. The lowest BCUT2D eigenvalue weighted by Gasteiger charge is -2.25. The molecule has 0 bridgehead atoms. The maximum atomic E-state index is 13.7. The Balaban J connectivity index is 1.54. The minimum atomic E-state index is -1.29. The van der Waals surface area contributed by atoms with Gasteiger partial charge in [-0.1, -0.05) is 30.3 Å². The van der Waals surface area contributed by atoms with Gasteiger partial charge in [0.15, 0.2) is 0 Å². The number of aromatic nitrogens is 3. The second kappa shape index (κ2) is 15.8. The minimum Gasteiger partial charge on any atom is -0.508 e. The number of carboxylic acid groups (broad SMARTS) is 1. The number of phenols is 1. The van der Waals surface area contributed by atoms with Gasteiger partial charge in [0, 0.05) is 48.3 Å². The van der Waals surface area contributed by atoms with Crippen molar-refractivity contribution in [3.05, 3.63) is 84.1 Å². The number of aromatic hydroxyl groups is 1. The molecule has 0 spiro atoms. The highest BCUT2D eigenvalue weighted by molar-refractivity contribution is 7.98. The molecule has 2 heterocycles. The molecule has 3 amide bonds. The van der Waals surface area contributed by atoms with Crippen LogP contribution in [-0.2, 0) is 38.4 Å². The maximum Gasteiger partial charge on any atom is 0.326 e. The highest BCUT2D eigenvalue weighted by Crippen LogP contribution is 2.19. The molecule has 0 aliphatic heterocycles. The molecule has 9 N–H and O–H groups in total. The number of carboxylic acids is 1. The van der Waals surface area contributed by atoms with Crippen LogP contribution in [0.5, 0.6) is 5.75 Å². The van der Waals surface area contributed by atoms with Gasteiger partial charge in [0.05, 0.1) is 12.4 Å². The Bertz CT molecular complexity index is 1590. The van der Waals surface area contributed by atoms with E-state index in [9.17, 15) is 29.4 Å². The number of carbonyl (C=O) groups excluding carboxylic acids is 3. The van der Waals surface area contributed by atoms with E-state index in [1.54, 1.807) is 18.3 Å². The standard InChI is InChI=1S/C31H37N7O6S/c1-45-11-10-23(32)28(40)36-25(12-18-6-8-21(39)9-7-18)29(41)37-26(14-20-16-33-17-35-20)30(42)38-27(31(43)44)13-19-15-34-24-5-3-2-4-22(19)24/h2-9,15-17,23,25-27,34,39H,10-14,32H2,1H3,(H,33,35)(H,36,40)(H,37,41)(H,38,42)(H,43,44). The number of nitrogens with two attached hydrogens (primary N) is 1. The number of aromatic amines is 2. The van der Waals surface area contributed by atoms with E-state index in [0.717, 1.165) is 10.9 Å². The number of hydrogen-bond donors (Lipinski definition) is 8. The van der Waals surface area contributed by atoms with Gasteiger partial charge in [-0.2, -0.15) is 11.8 Å². The van der Waals surface area contributed by atoms with E-state index in [2.05, 4.69) is 30.9 Å². The van der Waals surface area contributed by atoms with Crippen LogP contribution in [0.15, 0.2) is 67.3 Å². The third kappa shape index (κ3) is 9.33. The van der Waals surface area contributed by atoms with Crippen LogP contribution in [0.25, 0.3) is 10.9 Å². The van der Waals surface area contributed by atoms with Gasteiger partial charge in [-0.05, 0) is 47.8 Å². The lowest BCUT2D eigenvalue weighted by molar-refractivity contribution is -0.142. The summed E-state index contributed by atoms with van der Waals surface area (Å²) in [5, 5.41) is 28.5. The molecule has 14 heteroatoms. The normalized spacial score (nSPS) is 13.8. The van der Waals surface area contributed by atoms with Gasteiger partial charge in [-0.25, -0.2) is 9.78 Å². The van der Waals surface area contributed by atoms with Crippen molar-refractivity contribution in [3.63, 3.8) is 0 Å². The number of aliphatic carboxylic acids is 1. The van der Waals surface area contributed by atoms with E-state index < -0.39 is 47.9 Å². The number of thioether (sulfide) groups is 1. The molecule has 0 aliphatic carbocycles. The fourth-order valence-corrected chi connectivity index (χ4v) is 5.31. The van der Waals surface area contributed by atoms with Crippen LogP contribution in [0.3, 0.4) is 0 Å². The number of hydrogen-bond acceptors (Lipinski definition) is 8. The molecule has 0 aliphatic rings. The minimum absolute atomic E-state index is 0.00325. The molecule has 4 atom stereocenters. The van der Waals surface area contributed by atoms with Gasteiger partial charge in [0.25, 0.3) is 0 Å². The Morgan fingerprint density at radius 2 is 1.56 bits per heavy atom. The molecule has 0 fully saturated rings. The van der Waals surface area contributed by atoms with E-state index in [-0.39, 0.29) is 25.0 Å². The van der Waals surface area contributed by atoms with Crippen molar-refractivity contribution >= 4 is 46.4 Å². The Labute approximate surface area is 263 Å². The molecule has 45 heavy (non-hydrogen) atoms. The van der Waals surface area contributed by atoms with Crippen LogP contribution in [0.1, 0.15) is 23.2 Å². The number of fused-ring (bicyclic) bond motifs is 1. The molecular formula is C31H37N7O6S. The van der Waals surface area contributed by atoms with Crippen LogP contribution in [0, 0.1) is 0 Å². The number of nitrogens with zero attached hydrogens (tertiary/aromatic N) is 1. The third-order valence-corrected chi connectivity index (χ3v) is 7.95. The number of carbonyl (C=O) groups is 4. The molecule has 4 aromatic rings. The molecule has 0 radical (unpaired) electrons. The Morgan fingerprint density at radius 1 is 0.889 bits per heavy atom. The van der Waals surface area contributed by atoms with Crippen LogP contribution < -0.4 is 21.7 Å². The summed E-state index contributed by atoms with van der Waals surface area (Å²) in [5.41, 5.74) is 8.77. The van der Waals surface area contributed by atoms with Crippen molar-refractivity contribution in [3.8, 4) is 5.75 Å². The zero-order chi connectivity index (χ0) is 32.3. The number of para-hydroxylation sites is 1. The average molecular weight is 636 g/mol. The summed E-state index contributed by atoms with van der Waals surface area (Å²) in [5.74, 6) is -2.47. The van der Waals surface area contributed by atoms with Crippen molar-refractivity contribution < 1.29 is 29.4 Å². The zero-order valence-corrected chi connectivity index (χ0v) is 25.5. The van der Waals surface area contributed by atoms with Crippen molar-refractivity contribution in [2.75, 3.05) is 12.0 Å². The quantitative estimate of drug-likeness (QED) is 0.0888. The fraction of sp³-hybridized carbons (Fsp3) is 0.323. The predicted octanol–water partition coefficient (Wildman–Crippen LogP) is 1.24. The lowest BCUT2D eigenvalue weighted by atomic mass is 10.0. The molecule has 2 aromatic heterocycles. The van der Waals surface area contributed by atoms with E-state index in [0.29, 0.717) is 29.0 Å². The topological polar surface area (TPSA) is 215 Å². The summed E-state index contributed by atoms with van der Waals surface area (Å²) in [6.07, 6.45) is 6.94. The zero-order valence-electron chi connectivity index (χ0n) is 24.7. The SMILES string of the molecule is CSCCC(N)C(=O)NC(Cc1ccc(O)cc1)C(=O)NC(Cc1cnc[nH]1)C(=O)NC(Cc1c[nH]c2ccccc12)C(=O)O. The maximum absolute atomic E-state index is 13.7. The van der Waals surface area contributed by atoms with Crippen molar-refractivity contribution in [1.82, 2.24) is 30.9 Å². The second-order valence-corrected chi connectivity index (χ2v) is 11.6. The molecule has 0 saturated carbocycles. The van der Waals surface area contributed by atoms with Gasteiger partial charge in [-0.3, -0.25) is 14.4 Å². The molecule has 2 aromatic carbocycles. The number of phenolic OH excluding ortho intramolecular Hbond substituents is 1. The number of rotatable bonds is 16. The largest absolute Gasteiger partial charge is 0.508 e. The van der Waals surface area contributed by atoms with Crippen molar-refractivity contribution in [2.45, 2.75) is 49.9 Å². The highest BCUT2D eigenvalue weighted by Gasteiger charge is 2.31. The fourth-order valence-electron chi connectivity index (χ4n) is 4.82. The Kier molecular flexibility index (Phi) is 11.6. The van der Waals surface area contributed by atoms with Gasteiger partial charge in [0.2, 0.25) is 17.7 Å². The summed E-state index contributed by atoms with van der Waals surface area (Å²) in [4.78, 5) is 62.5. The molecule has 13 nitrogen and oxygen atoms in total. The number of imidazole rings is 1. The molecule has 238 valence electrons. The van der Waals surface area contributed by atoms with Crippen LogP contribution >= 0.6 is 11.8 Å². The van der Waals surface area contributed by atoms with Crippen LogP contribution in [0.4, 0.5) is 0 Å². The van der Waals surface area contributed by atoms with Crippen LogP contribution in [0.2, 0.25) is 0 Å². The lowest BCUT2D eigenvalue weighted by Crippen LogP contribution is -2.58. The first kappa shape index (κ1) is 33.1. The summed E-state index contributed by atoms with van der Waals surface area (Å²) in [6, 6.07) is 9.10. The molecule has 4 rings (SSSR count). The second-order valence-electron chi connectivity index (χ2n) is 10.6. The number of nitrogens with one attached hydrogen (secondary N) is 5. The van der Waals surface area contributed by atoms with Crippen molar-refractivity contribution in [1.29, 1.82) is 0 Å². The number of H-pyrrole nitrogens is 2. The summed E-state index contributed by atoms with van der Waals surface area (Å²) in [6.45, 7) is 0. The van der Waals surface area contributed by atoms with Gasteiger partial charge < -0.3 is 41.9 Å². The Morgan fingerprint density at radius 3 is 2.22 bits per heavy atom. The number of amides is 3. The number of benzene rings is 2. The monoisotopic (exact) mass is 635 g/mol. The summed E-state index contributed by atoms with van der Waals surface area (Å²) in [7, 11) is 0. The van der Waals surface area contributed by atoms with E-state index >= 15 is 0 Å². The van der Waals surface area contributed by atoms with E-state index in [1.807, 2.05) is 30.5 Å². The van der Waals surface area contributed by atoms with E-state index in [1.165, 1.54) is 36.4 Å². The molecule has 4 unspecified atom stereocenters.